The molecule has 4 nitrogen and oxygen atoms in total. The number of ketones is 1. The van der Waals surface area contributed by atoms with Crippen LogP contribution in [0.5, 0.6) is 0 Å². The van der Waals surface area contributed by atoms with Crippen molar-refractivity contribution < 1.29 is 18.0 Å². The summed E-state index contributed by atoms with van der Waals surface area (Å²) in [6.07, 6.45) is 1.22. The molecule has 0 spiro atoms. The van der Waals surface area contributed by atoms with E-state index in [1.165, 1.54) is 12.4 Å². The molecule has 0 saturated heterocycles. The Morgan fingerprint density at radius 1 is 1.03 bits per heavy atom. The molecule has 1 aliphatic heterocycles. The zero-order valence-corrected chi connectivity index (χ0v) is 17.1. The van der Waals surface area contributed by atoms with Gasteiger partial charge in [0.1, 0.15) is 5.82 Å². The van der Waals surface area contributed by atoms with E-state index in [-0.39, 0.29) is 17.4 Å². The predicted octanol–water partition coefficient (Wildman–Crippen LogP) is 5.60. The number of rotatable bonds is 3. The Morgan fingerprint density at radius 3 is 2.72 bits per heavy atom. The van der Waals surface area contributed by atoms with E-state index in [0.717, 1.165) is 40.9 Å². The van der Waals surface area contributed by atoms with Crippen LogP contribution in [0, 0.1) is 0 Å². The number of Topliss-reactive ketones (excluding diaryl/α,β-unsaturated/α-hetero) is 1. The minimum Gasteiger partial charge on any atom is -0.363 e. The summed E-state index contributed by atoms with van der Waals surface area (Å²) < 4.78 is 39.3. The van der Waals surface area contributed by atoms with Gasteiger partial charge in [0.05, 0.1) is 12.5 Å². The summed E-state index contributed by atoms with van der Waals surface area (Å²) in [5, 5.41) is 3.39. The fourth-order valence-corrected chi connectivity index (χ4v) is 4.65. The van der Waals surface area contributed by atoms with Crippen molar-refractivity contribution >= 4 is 17.2 Å². The number of carbonyl (C=O) groups is 1. The Labute approximate surface area is 183 Å². The molecule has 3 aromatic rings. The summed E-state index contributed by atoms with van der Waals surface area (Å²) >= 11 is 0. The number of halogens is 3. The molecule has 5 rings (SSSR count). The molecule has 32 heavy (non-hydrogen) atoms. The van der Waals surface area contributed by atoms with Crippen molar-refractivity contribution in [3.63, 3.8) is 0 Å². The van der Waals surface area contributed by atoms with E-state index in [9.17, 15) is 18.0 Å². The summed E-state index contributed by atoms with van der Waals surface area (Å²) in [6, 6.07) is 12.6. The van der Waals surface area contributed by atoms with E-state index < -0.39 is 12.6 Å². The highest BCUT2D eigenvalue weighted by Crippen LogP contribution is 2.42. The van der Waals surface area contributed by atoms with Crippen LogP contribution >= 0.6 is 0 Å². The number of carbonyl (C=O) groups excluding carboxylic acids is 1. The lowest BCUT2D eigenvalue weighted by atomic mass is 9.78. The summed E-state index contributed by atoms with van der Waals surface area (Å²) in [4.78, 5) is 21.3. The SMILES string of the molecule is O=C1CCCC2Nc3ncccc3C(c3cccc(-c4ccncc4CC(F)(F)F)c3)=C12. The Hall–Kier alpha value is -3.48. The summed E-state index contributed by atoms with van der Waals surface area (Å²) in [5.74, 6) is 0.823. The van der Waals surface area contributed by atoms with Crippen LogP contribution in [0.2, 0.25) is 0 Å². The van der Waals surface area contributed by atoms with E-state index in [1.54, 1.807) is 18.3 Å². The molecule has 0 amide bonds. The number of nitrogens with zero attached hydrogens (tertiary/aromatic N) is 2. The van der Waals surface area contributed by atoms with Gasteiger partial charge in [-0.15, -0.1) is 0 Å². The fraction of sp³-hybridized carbons (Fsp3) is 0.240. The average Bonchev–Trinajstić information content (AvgIpc) is 2.77. The number of benzene rings is 1. The number of hydrogen-bond acceptors (Lipinski definition) is 4. The third kappa shape index (κ3) is 3.79. The number of aromatic nitrogens is 2. The maximum atomic E-state index is 13.1. The Kier molecular flexibility index (Phi) is 5.04. The van der Waals surface area contributed by atoms with Gasteiger partial charge in [-0.25, -0.2) is 4.98 Å². The van der Waals surface area contributed by atoms with Crippen molar-refractivity contribution in [3.8, 4) is 11.1 Å². The molecule has 1 saturated carbocycles. The van der Waals surface area contributed by atoms with Crippen molar-refractivity contribution in [2.45, 2.75) is 37.9 Å². The lowest BCUT2D eigenvalue weighted by molar-refractivity contribution is -0.127. The van der Waals surface area contributed by atoms with Gasteiger partial charge in [0, 0.05) is 41.7 Å². The number of nitrogens with one attached hydrogen (secondary N) is 1. The highest BCUT2D eigenvalue weighted by atomic mass is 19.4. The quantitative estimate of drug-likeness (QED) is 0.582. The first-order valence-electron chi connectivity index (χ1n) is 10.5. The van der Waals surface area contributed by atoms with Gasteiger partial charge in [0.2, 0.25) is 0 Å². The maximum absolute atomic E-state index is 13.1. The molecule has 162 valence electrons. The van der Waals surface area contributed by atoms with Crippen LogP contribution in [-0.4, -0.2) is 28.0 Å². The summed E-state index contributed by atoms with van der Waals surface area (Å²) in [5.41, 5.74) is 4.43. The molecule has 1 aliphatic carbocycles. The monoisotopic (exact) mass is 435 g/mol. The molecule has 3 heterocycles. The minimum atomic E-state index is -4.33. The van der Waals surface area contributed by atoms with Gasteiger partial charge in [-0.05, 0) is 59.4 Å². The molecule has 7 heteroatoms. The highest BCUT2D eigenvalue weighted by Gasteiger charge is 2.35. The third-order valence-corrected chi connectivity index (χ3v) is 5.96. The molecular weight excluding hydrogens is 415 g/mol. The number of alkyl halides is 3. The predicted molar refractivity (Wildman–Crippen MR) is 116 cm³/mol. The second-order valence-electron chi connectivity index (χ2n) is 8.11. The Balaban J connectivity index is 1.67. The number of fused-ring (bicyclic) bond motifs is 2. The smallest absolute Gasteiger partial charge is 0.363 e. The van der Waals surface area contributed by atoms with E-state index in [2.05, 4.69) is 15.3 Å². The molecular formula is C25H20F3N3O. The van der Waals surface area contributed by atoms with Crippen LogP contribution in [0.4, 0.5) is 19.0 Å². The van der Waals surface area contributed by atoms with Gasteiger partial charge in [-0.3, -0.25) is 9.78 Å². The maximum Gasteiger partial charge on any atom is 0.393 e. The Bertz CT molecular complexity index is 1230. The third-order valence-electron chi connectivity index (χ3n) is 5.96. The molecule has 2 aromatic heterocycles. The van der Waals surface area contributed by atoms with Gasteiger partial charge in [-0.2, -0.15) is 13.2 Å². The zero-order chi connectivity index (χ0) is 22.3. The van der Waals surface area contributed by atoms with Gasteiger partial charge in [0.25, 0.3) is 0 Å². The summed E-state index contributed by atoms with van der Waals surface area (Å²) in [6.45, 7) is 0. The topological polar surface area (TPSA) is 54.9 Å². The Morgan fingerprint density at radius 2 is 1.88 bits per heavy atom. The van der Waals surface area contributed by atoms with E-state index >= 15 is 0 Å². The number of pyridine rings is 2. The first-order valence-corrected chi connectivity index (χ1v) is 10.5. The van der Waals surface area contributed by atoms with Gasteiger partial charge < -0.3 is 5.32 Å². The second kappa shape index (κ2) is 7.89. The van der Waals surface area contributed by atoms with Gasteiger partial charge in [0.15, 0.2) is 5.78 Å². The van der Waals surface area contributed by atoms with Gasteiger partial charge >= 0.3 is 6.18 Å². The lowest BCUT2D eigenvalue weighted by Gasteiger charge is -2.34. The molecule has 1 atom stereocenters. The second-order valence-corrected chi connectivity index (χ2v) is 8.11. The first-order chi connectivity index (χ1) is 15.4. The summed E-state index contributed by atoms with van der Waals surface area (Å²) in [7, 11) is 0. The van der Waals surface area contributed by atoms with Crippen molar-refractivity contribution in [1.29, 1.82) is 0 Å². The van der Waals surface area contributed by atoms with Gasteiger partial charge in [-0.1, -0.05) is 18.2 Å². The zero-order valence-electron chi connectivity index (χ0n) is 17.1. The molecule has 0 radical (unpaired) electrons. The normalized spacial score (nSPS) is 18.1. The fourth-order valence-electron chi connectivity index (χ4n) is 4.65. The molecule has 1 unspecified atom stereocenters. The lowest BCUT2D eigenvalue weighted by Crippen LogP contribution is -2.35. The molecule has 2 aliphatic rings. The van der Waals surface area contributed by atoms with Crippen molar-refractivity contribution in [2.24, 2.45) is 0 Å². The van der Waals surface area contributed by atoms with Crippen LogP contribution in [-0.2, 0) is 11.2 Å². The highest BCUT2D eigenvalue weighted by molar-refractivity contribution is 6.10. The van der Waals surface area contributed by atoms with E-state index in [1.807, 2.05) is 30.3 Å². The first kappa shape index (κ1) is 20.4. The van der Waals surface area contributed by atoms with Crippen LogP contribution in [0.3, 0.4) is 0 Å². The number of anilines is 1. The standard InChI is InChI=1S/C25H20F3N3O/c26-25(27,28)13-17-14-29-11-9-18(17)15-4-1-5-16(12-15)22-19-6-3-10-30-24(19)31-20-7-2-8-21(32)23(20)22/h1,3-6,9-12,14,20H,2,7-8,13H2,(H,30,31). The van der Waals surface area contributed by atoms with Crippen LogP contribution < -0.4 is 5.32 Å². The van der Waals surface area contributed by atoms with Crippen LogP contribution in [0.15, 0.2) is 66.6 Å². The van der Waals surface area contributed by atoms with E-state index in [4.69, 9.17) is 0 Å². The van der Waals surface area contributed by atoms with Crippen molar-refractivity contribution in [2.75, 3.05) is 5.32 Å². The van der Waals surface area contributed by atoms with Crippen molar-refractivity contribution in [1.82, 2.24) is 9.97 Å². The van der Waals surface area contributed by atoms with Crippen LogP contribution in [0.1, 0.15) is 36.0 Å². The van der Waals surface area contributed by atoms with Crippen molar-refractivity contribution in [3.05, 3.63) is 83.3 Å². The minimum absolute atomic E-state index is 0.102. The molecule has 1 fully saturated rings. The molecule has 0 bridgehead atoms. The average molecular weight is 435 g/mol. The number of hydrogen-bond donors (Lipinski definition) is 1. The largest absolute Gasteiger partial charge is 0.393 e. The molecule has 1 N–H and O–H groups in total. The van der Waals surface area contributed by atoms with Crippen LogP contribution in [0.25, 0.3) is 16.7 Å². The molecule has 1 aromatic carbocycles. The van der Waals surface area contributed by atoms with E-state index in [0.29, 0.717) is 17.5 Å².